The number of aromatic amines is 1. The van der Waals surface area contributed by atoms with Crippen molar-refractivity contribution in [3.63, 3.8) is 0 Å². The first kappa shape index (κ1) is 13.0. The maximum Gasteiger partial charge on any atom is 0.274 e. The van der Waals surface area contributed by atoms with Crippen LogP contribution in [0.4, 0.5) is 0 Å². The molecular formula is C11H14ClN3O3. The number of rotatable bonds is 2. The molecule has 2 atom stereocenters. The second kappa shape index (κ2) is 5.49. The molecule has 1 saturated heterocycles. The van der Waals surface area contributed by atoms with Gasteiger partial charge in [0, 0.05) is 19.2 Å². The van der Waals surface area contributed by atoms with Gasteiger partial charge in [0.25, 0.3) is 11.5 Å². The molecule has 0 bridgehead atoms. The van der Waals surface area contributed by atoms with Crippen LogP contribution in [0.2, 0.25) is 0 Å². The second-order valence-corrected chi connectivity index (χ2v) is 4.55. The van der Waals surface area contributed by atoms with Crippen LogP contribution in [-0.4, -0.2) is 52.2 Å². The number of nitrogens with one attached hydrogen (secondary N) is 1. The smallest absolute Gasteiger partial charge is 0.274 e. The summed E-state index contributed by atoms with van der Waals surface area (Å²) in [5.41, 5.74) is -0.113. The van der Waals surface area contributed by atoms with Crippen LogP contribution in [0.15, 0.2) is 16.9 Å². The standard InChI is InChI=1S/C11H14ClN3O3/c1-7-5-15(6-8(4-12)18-7)11(17)9-2-3-10(16)14-13-9/h2-3,7-8H,4-6H2,1H3,(H,14,16). The number of aromatic nitrogens is 2. The van der Waals surface area contributed by atoms with Gasteiger partial charge in [0.2, 0.25) is 0 Å². The molecule has 1 fully saturated rings. The summed E-state index contributed by atoms with van der Waals surface area (Å²) >= 11 is 5.76. The summed E-state index contributed by atoms with van der Waals surface area (Å²) in [7, 11) is 0. The van der Waals surface area contributed by atoms with Gasteiger partial charge in [-0.25, -0.2) is 5.10 Å². The number of morpholine rings is 1. The van der Waals surface area contributed by atoms with Gasteiger partial charge >= 0.3 is 0 Å². The van der Waals surface area contributed by atoms with Gasteiger partial charge < -0.3 is 9.64 Å². The summed E-state index contributed by atoms with van der Waals surface area (Å²) in [6.45, 7) is 2.82. The summed E-state index contributed by atoms with van der Waals surface area (Å²) in [5.74, 6) is 0.115. The zero-order valence-corrected chi connectivity index (χ0v) is 10.7. The minimum absolute atomic E-state index is 0.0609. The van der Waals surface area contributed by atoms with Crippen LogP contribution in [-0.2, 0) is 4.74 Å². The number of ether oxygens (including phenoxy) is 1. The van der Waals surface area contributed by atoms with Crippen molar-refractivity contribution in [1.29, 1.82) is 0 Å². The molecule has 6 nitrogen and oxygen atoms in total. The number of amides is 1. The van der Waals surface area contributed by atoms with Crippen molar-refractivity contribution in [2.75, 3.05) is 19.0 Å². The van der Waals surface area contributed by atoms with Gasteiger partial charge in [0.15, 0.2) is 0 Å². The van der Waals surface area contributed by atoms with Gasteiger partial charge in [0.05, 0.1) is 18.1 Å². The summed E-state index contributed by atoms with van der Waals surface area (Å²) < 4.78 is 5.57. The van der Waals surface area contributed by atoms with E-state index in [1.54, 1.807) is 4.90 Å². The zero-order chi connectivity index (χ0) is 13.1. The Labute approximate surface area is 109 Å². The van der Waals surface area contributed by atoms with E-state index in [9.17, 15) is 9.59 Å². The highest BCUT2D eigenvalue weighted by molar-refractivity contribution is 6.18. The predicted octanol–water partition coefficient (Wildman–Crippen LogP) is 0.238. The minimum Gasteiger partial charge on any atom is -0.370 e. The first-order valence-electron chi connectivity index (χ1n) is 5.66. The third kappa shape index (κ3) is 2.88. The van der Waals surface area contributed by atoms with Crippen LogP contribution < -0.4 is 5.56 Å². The second-order valence-electron chi connectivity index (χ2n) is 4.24. The summed E-state index contributed by atoms with van der Waals surface area (Å²) in [5, 5.41) is 5.97. The highest BCUT2D eigenvalue weighted by atomic mass is 35.5. The number of alkyl halides is 1. The Morgan fingerprint density at radius 2 is 2.39 bits per heavy atom. The van der Waals surface area contributed by atoms with E-state index in [1.807, 2.05) is 6.92 Å². The van der Waals surface area contributed by atoms with Crippen LogP contribution in [0.5, 0.6) is 0 Å². The molecule has 2 unspecified atom stereocenters. The van der Waals surface area contributed by atoms with Gasteiger partial charge in [-0.05, 0) is 13.0 Å². The molecule has 2 heterocycles. The fourth-order valence-electron chi connectivity index (χ4n) is 1.92. The number of hydrogen-bond acceptors (Lipinski definition) is 4. The Bertz CT molecular complexity index is 470. The quantitative estimate of drug-likeness (QED) is 0.782. The van der Waals surface area contributed by atoms with Crippen LogP contribution in [0, 0.1) is 0 Å². The number of carbonyl (C=O) groups excluding carboxylic acids is 1. The van der Waals surface area contributed by atoms with E-state index in [2.05, 4.69) is 10.2 Å². The number of hydrogen-bond donors (Lipinski definition) is 1. The summed E-state index contributed by atoms with van der Waals surface area (Å²) in [6, 6.07) is 2.69. The number of carbonyl (C=O) groups is 1. The van der Waals surface area contributed by atoms with E-state index in [0.717, 1.165) is 0 Å². The normalized spacial score (nSPS) is 24.0. The van der Waals surface area contributed by atoms with E-state index in [0.29, 0.717) is 19.0 Å². The SMILES string of the molecule is CC1CN(C(=O)c2ccc(=O)[nH]n2)CC(CCl)O1. The first-order valence-corrected chi connectivity index (χ1v) is 6.20. The predicted molar refractivity (Wildman–Crippen MR) is 65.8 cm³/mol. The van der Waals surface area contributed by atoms with Crippen molar-refractivity contribution in [1.82, 2.24) is 15.1 Å². The maximum absolute atomic E-state index is 12.2. The molecule has 7 heteroatoms. The Morgan fingerprint density at radius 1 is 1.61 bits per heavy atom. The van der Waals surface area contributed by atoms with Crippen molar-refractivity contribution in [2.45, 2.75) is 19.1 Å². The topological polar surface area (TPSA) is 75.3 Å². The fraction of sp³-hybridized carbons (Fsp3) is 0.545. The summed E-state index contributed by atoms with van der Waals surface area (Å²) in [4.78, 5) is 24.7. The Balaban J connectivity index is 2.12. The Morgan fingerprint density at radius 3 is 3.00 bits per heavy atom. The number of nitrogens with zero attached hydrogens (tertiary/aromatic N) is 2. The molecule has 18 heavy (non-hydrogen) atoms. The highest BCUT2D eigenvalue weighted by Crippen LogP contribution is 2.14. The lowest BCUT2D eigenvalue weighted by molar-refractivity contribution is -0.0572. The van der Waals surface area contributed by atoms with Gasteiger partial charge in [-0.1, -0.05) is 0 Å². The van der Waals surface area contributed by atoms with Crippen LogP contribution in [0.25, 0.3) is 0 Å². The van der Waals surface area contributed by atoms with Crippen molar-refractivity contribution < 1.29 is 9.53 Å². The molecule has 1 amide bonds. The number of H-pyrrole nitrogens is 1. The van der Waals surface area contributed by atoms with Gasteiger partial charge in [0.1, 0.15) is 5.69 Å². The molecule has 0 aliphatic carbocycles. The zero-order valence-electron chi connectivity index (χ0n) is 9.93. The summed E-state index contributed by atoms with van der Waals surface area (Å²) in [6.07, 6.45) is -0.226. The average molecular weight is 272 g/mol. The molecule has 1 aliphatic rings. The molecule has 0 spiro atoms. The van der Waals surface area contributed by atoms with Crippen LogP contribution in [0.1, 0.15) is 17.4 Å². The van der Waals surface area contributed by atoms with E-state index in [4.69, 9.17) is 16.3 Å². The van der Waals surface area contributed by atoms with Crippen molar-refractivity contribution in [3.8, 4) is 0 Å². The lowest BCUT2D eigenvalue weighted by Gasteiger charge is -2.35. The van der Waals surface area contributed by atoms with Crippen LogP contribution >= 0.6 is 11.6 Å². The van der Waals surface area contributed by atoms with Crippen LogP contribution in [0.3, 0.4) is 0 Å². The molecule has 1 aliphatic heterocycles. The van der Waals surface area contributed by atoms with Crippen molar-refractivity contribution in [3.05, 3.63) is 28.2 Å². The molecule has 0 aromatic carbocycles. The molecule has 2 rings (SSSR count). The van der Waals surface area contributed by atoms with Gasteiger partial charge in [-0.2, -0.15) is 5.10 Å². The monoisotopic (exact) mass is 271 g/mol. The molecule has 1 N–H and O–H groups in total. The molecule has 98 valence electrons. The molecule has 1 aromatic rings. The lowest BCUT2D eigenvalue weighted by atomic mass is 10.2. The Hall–Kier alpha value is -1.40. The van der Waals surface area contributed by atoms with E-state index < -0.39 is 0 Å². The maximum atomic E-state index is 12.2. The molecule has 1 aromatic heterocycles. The molecule has 0 radical (unpaired) electrons. The molecular weight excluding hydrogens is 258 g/mol. The molecule has 0 saturated carbocycles. The average Bonchev–Trinajstić information content (AvgIpc) is 2.38. The minimum atomic E-state index is -0.333. The van der Waals surface area contributed by atoms with Gasteiger partial charge in [-0.3, -0.25) is 9.59 Å². The number of halogens is 1. The Kier molecular flexibility index (Phi) is 3.98. The third-order valence-corrected chi connectivity index (χ3v) is 3.03. The lowest BCUT2D eigenvalue weighted by Crippen LogP contribution is -2.50. The fourth-order valence-corrected chi connectivity index (χ4v) is 2.09. The van der Waals surface area contributed by atoms with E-state index >= 15 is 0 Å². The van der Waals surface area contributed by atoms with Crippen molar-refractivity contribution >= 4 is 17.5 Å². The largest absolute Gasteiger partial charge is 0.370 e. The van der Waals surface area contributed by atoms with Gasteiger partial charge in [-0.15, -0.1) is 11.6 Å². The highest BCUT2D eigenvalue weighted by Gasteiger charge is 2.29. The van der Waals surface area contributed by atoms with E-state index in [-0.39, 0.29) is 29.4 Å². The van der Waals surface area contributed by atoms with E-state index in [1.165, 1.54) is 12.1 Å². The van der Waals surface area contributed by atoms with Crippen molar-refractivity contribution in [2.24, 2.45) is 0 Å². The third-order valence-electron chi connectivity index (χ3n) is 2.68. The first-order chi connectivity index (χ1) is 8.60.